The van der Waals surface area contributed by atoms with Crippen molar-refractivity contribution in [1.82, 2.24) is 10.0 Å². The second-order valence-corrected chi connectivity index (χ2v) is 12.3. The maximum Gasteiger partial charge on any atom is 0.251 e. The smallest absolute Gasteiger partial charge is 0.251 e. The largest absolute Gasteiger partial charge is 0.485 e. The summed E-state index contributed by atoms with van der Waals surface area (Å²) in [4.78, 5) is 13.4. The SMILES string of the molecule is CCc1ccc(S(=O)(=O)N[C@@H]2c3cc(C(=O)NC4CCCc5ccccc54)ccc3OC(C)(C)[C@@H]2O)cc1. The van der Waals surface area contributed by atoms with Crippen molar-refractivity contribution in [3.05, 3.63) is 94.5 Å². The van der Waals surface area contributed by atoms with E-state index in [1.165, 1.54) is 5.56 Å². The molecule has 38 heavy (non-hydrogen) atoms. The number of carbonyl (C=O) groups is 1. The van der Waals surface area contributed by atoms with E-state index >= 15 is 0 Å². The third kappa shape index (κ3) is 5.08. The van der Waals surface area contributed by atoms with Crippen molar-refractivity contribution in [2.24, 2.45) is 0 Å². The predicted molar refractivity (Wildman–Crippen MR) is 146 cm³/mol. The van der Waals surface area contributed by atoms with Gasteiger partial charge in [-0.2, -0.15) is 0 Å². The molecule has 0 radical (unpaired) electrons. The van der Waals surface area contributed by atoms with Crippen LogP contribution in [0.3, 0.4) is 0 Å². The van der Waals surface area contributed by atoms with E-state index in [4.69, 9.17) is 4.74 Å². The minimum Gasteiger partial charge on any atom is -0.485 e. The first-order valence-electron chi connectivity index (χ1n) is 13.1. The standard InChI is InChI=1S/C30H34N2O5S/c1-4-19-12-15-22(16-13-19)38(35,36)32-27-24-18-21(14-17-26(24)37-30(2,3)28(27)33)29(34)31-25-11-7-9-20-8-5-6-10-23(20)25/h5-6,8,10,12-18,25,27-28,32-33H,4,7,9,11H2,1-3H3,(H,31,34)/t25?,27-,28-/m1/s1. The number of nitrogens with one attached hydrogen (secondary N) is 2. The van der Waals surface area contributed by atoms with Gasteiger partial charge in [0.2, 0.25) is 10.0 Å². The van der Waals surface area contributed by atoms with Gasteiger partial charge in [0.05, 0.1) is 17.0 Å². The minimum absolute atomic E-state index is 0.0929. The average molecular weight is 535 g/mol. The Bertz CT molecular complexity index is 1450. The highest BCUT2D eigenvalue weighted by atomic mass is 32.2. The Labute approximate surface area is 224 Å². The predicted octanol–water partition coefficient (Wildman–Crippen LogP) is 4.61. The summed E-state index contributed by atoms with van der Waals surface area (Å²) in [5, 5.41) is 14.3. The zero-order chi connectivity index (χ0) is 27.1. The van der Waals surface area contributed by atoms with E-state index in [2.05, 4.69) is 22.2 Å². The molecule has 0 spiro atoms. The zero-order valence-electron chi connectivity index (χ0n) is 21.9. The number of amides is 1. The molecule has 0 saturated carbocycles. The molecule has 0 saturated heterocycles. The van der Waals surface area contributed by atoms with Crippen LogP contribution in [0.4, 0.5) is 0 Å². The van der Waals surface area contributed by atoms with Crippen LogP contribution < -0.4 is 14.8 Å². The molecule has 0 fully saturated rings. The highest BCUT2D eigenvalue weighted by Gasteiger charge is 2.45. The zero-order valence-corrected chi connectivity index (χ0v) is 22.7. The van der Waals surface area contributed by atoms with Crippen molar-refractivity contribution >= 4 is 15.9 Å². The van der Waals surface area contributed by atoms with Gasteiger partial charge in [0, 0.05) is 11.1 Å². The summed E-state index contributed by atoms with van der Waals surface area (Å²) < 4.78 is 35.4. The Morgan fingerprint density at radius 3 is 2.53 bits per heavy atom. The van der Waals surface area contributed by atoms with E-state index in [0.29, 0.717) is 16.9 Å². The second-order valence-electron chi connectivity index (χ2n) is 10.6. The van der Waals surface area contributed by atoms with Gasteiger partial charge >= 0.3 is 0 Å². The van der Waals surface area contributed by atoms with Crippen molar-refractivity contribution in [3.8, 4) is 5.75 Å². The van der Waals surface area contributed by atoms with Crippen LogP contribution in [-0.4, -0.2) is 31.1 Å². The number of ether oxygens (including phenoxy) is 1. The van der Waals surface area contributed by atoms with Gasteiger partial charge in [-0.15, -0.1) is 0 Å². The van der Waals surface area contributed by atoms with Crippen LogP contribution in [0, 0.1) is 0 Å². The number of fused-ring (bicyclic) bond motifs is 2. The molecule has 3 N–H and O–H groups in total. The first kappa shape index (κ1) is 26.4. The van der Waals surface area contributed by atoms with Gasteiger partial charge in [-0.3, -0.25) is 4.79 Å². The van der Waals surface area contributed by atoms with Gasteiger partial charge in [0.1, 0.15) is 17.5 Å². The first-order valence-corrected chi connectivity index (χ1v) is 14.6. The highest BCUT2D eigenvalue weighted by molar-refractivity contribution is 7.89. The minimum atomic E-state index is -3.97. The van der Waals surface area contributed by atoms with Crippen LogP contribution in [0.5, 0.6) is 5.75 Å². The van der Waals surface area contributed by atoms with Crippen molar-refractivity contribution in [2.45, 2.75) is 75.1 Å². The molecule has 1 aliphatic carbocycles. The first-order chi connectivity index (χ1) is 18.1. The Morgan fingerprint density at radius 2 is 1.79 bits per heavy atom. The molecular formula is C30H34N2O5S. The molecule has 3 atom stereocenters. The van der Waals surface area contributed by atoms with E-state index < -0.39 is 27.8 Å². The third-order valence-electron chi connectivity index (χ3n) is 7.61. The molecule has 0 bridgehead atoms. The Morgan fingerprint density at radius 1 is 1.05 bits per heavy atom. The van der Waals surface area contributed by atoms with Crippen molar-refractivity contribution in [1.29, 1.82) is 0 Å². The lowest BCUT2D eigenvalue weighted by molar-refractivity contribution is -0.0603. The summed E-state index contributed by atoms with van der Waals surface area (Å²) in [6.45, 7) is 5.41. The lowest BCUT2D eigenvalue weighted by Crippen LogP contribution is -2.53. The van der Waals surface area contributed by atoms with Crippen molar-refractivity contribution in [2.75, 3.05) is 0 Å². The molecule has 1 aliphatic heterocycles. The average Bonchev–Trinajstić information content (AvgIpc) is 2.91. The third-order valence-corrected chi connectivity index (χ3v) is 9.06. The molecule has 2 aliphatic rings. The van der Waals surface area contributed by atoms with Crippen molar-refractivity contribution in [3.63, 3.8) is 0 Å². The number of aliphatic hydroxyl groups is 1. The lowest BCUT2D eigenvalue weighted by Gasteiger charge is -2.42. The monoisotopic (exact) mass is 534 g/mol. The molecule has 0 aromatic heterocycles. The summed E-state index contributed by atoms with van der Waals surface area (Å²) in [6, 6.07) is 18.7. The van der Waals surface area contributed by atoms with Gasteiger partial charge in [-0.1, -0.05) is 43.3 Å². The molecule has 3 aromatic rings. The number of carbonyl (C=O) groups excluding carboxylic acids is 1. The van der Waals surface area contributed by atoms with Gasteiger partial charge in [-0.25, -0.2) is 13.1 Å². The lowest BCUT2D eigenvalue weighted by atomic mass is 9.86. The Balaban J connectivity index is 1.45. The topological polar surface area (TPSA) is 105 Å². The number of hydrogen-bond acceptors (Lipinski definition) is 5. The normalized spacial score (nSPS) is 22.1. The van der Waals surface area contributed by atoms with Crippen LogP contribution in [-0.2, 0) is 22.9 Å². The van der Waals surface area contributed by atoms with E-state index in [9.17, 15) is 18.3 Å². The van der Waals surface area contributed by atoms with Gasteiger partial charge in [0.15, 0.2) is 0 Å². The summed E-state index contributed by atoms with van der Waals surface area (Å²) in [6.07, 6.45) is 2.44. The number of aryl methyl sites for hydroxylation is 2. The van der Waals surface area contributed by atoms with Crippen LogP contribution in [0.2, 0.25) is 0 Å². The van der Waals surface area contributed by atoms with Crippen LogP contribution in [0.25, 0.3) is 0 Å². The summed E-state index contributed by atoms with van der Waals surface area (Å²) in [7, 11) is -3.97. The fraction of sp³-hybridized carbons (Fsp3) is 0.367. The van der Waals surface area contributed by atoms with Gasteiger partial charge in [0.25, 0.3) is 5.91 Å². The Hall–Kier alpha value is -3.20. The van der Waals surface area contributed by atoms with Crippen LogP contribution >= 0.6 is 0 Å². The van der Waals surface area contributed by atoms with Gasteiger partial charge < -0.3 is 15.2 Å². The van der Waals surface area contributed by atoms with E-state index in [1.807, 2.05) is 19.1 Å². The summed E-state index contributed by atoms with van der Waals surface area (Å²) in [5.74, 6) is 0.166. The maximum absolute atomic E-state index is 13.3. The number of rotatable bonds is 6. The molecule has 1 heterocycles. The summed E-state index contributed by atoms with van der Waals surface area (Å²) >= 11 is 0. The molecule has 5 rings (SSSR count). The fourth-order valence-corrected chi connectivity index (χ4v) is 6.57. The van der Waals surface area contributed by atoms with E-state index in [-0.39, 0.29) is 16.8 Å². The highest BCUT2D eigenvalue weighted by Crippen LogP contribution is 2.41. The van der Waals surface area contributed by atoms with Crippen LogP contribution in [0.1, 0.15) is 78.3 Å². The Kier molecular flexibility index (Phi) is 7.07. The molecule has 8 heteroatoms. The van der Waals surface area contributed by atoms with E-state index in [1.54, 1.807) is 56.3 Å². The van der Waals surface area contributed by atoms with Crippen LogP contribution in [0.15, 0.2) is 71.6 Å². The molecule has 3 aromatic carbocycles. The fourth-order valence-electron chi connectivity index (χ4n) is 5.35. The number of aliphatic hydroxyl groups excluding tert-OH is 1. The molecule has 1 unspecified atom stereocenters. The molecule has 200 valence electrons. The maximum atomic E-state index is 13.3. The number of sulfonamides is 1. The summed E-state index contributed by atoms with van der Waals surface area (Å²) in [5.41, 5.74) is 3.14. The quantitative estimate of drug-likeness (QED) is 0.429. The molecule has 7 nitrogen and oxygen atoms in total. The molecular weight excluding hydrogens is 500 g/mol. The number of hydrogen-bond donors (Lipinski definition) is 3. The molecule has 1 amide bonds. The van der Waals surface area contributed by atoms with E-state index in [0.717, 1.165) is 36.8 Å². The van der Waals surface area contributed by atoms with Gasteiger partial charge in [-0.05, 0) is 86.6 Å². The number of benzene rings is 3. The van der Waals surface area contributed by atoms with Crippen molar-refractivity contribution < 1.29 is 23.1 Å². The second kappa shape index (κ2) is 10.2.